The Hall–Kier alpha value is -4.55. The van der Waals surface area contributed by atoms with E-state index in [0.717, 1.165) is 47.9 Å². The fraction of sp³-hybridized carbons (Fsp3) is 0.258. The zero-order valence-electron chi connectivity index (χ0n) is 20.9. The van der Waals surface area contributed by atoms with Crippen LogP contribution in [0.25, 0.3) is 0 Å². The van der Waals surface area contributed by atoms with Crippen molar-refractivity contribution in [1.29, 1.82) is 0 Å². The number of ether oxygens (including phenoxy) is 3. The summed E-state index contributed by atoms with van der Waals surface area (Å²) in [5.41, 5.74) is 2.54. The molecule has 0 heterocycles. The fourth-order valence-electron chi connectivity index (χ4n) is 2.85. The quantitative estimate of drug-likeness (QED) is 0.112. The molecule has 2 aromatic carbocycles. The lowest BCUT2D eigenvalue weighted by atomic mass is 10.2. The SMILES string of the molecule is C=CC(=O)OCCCC=Nc1ccc(C#CC#Cc2ccc(OCCCCCOC(=O)C=C)cc2)cc1. The molecule has 0 aromatic heterocycles. The number of aliphatic imine (C=N–C) groups is 1. The minimum Gasteiger partial charge on any atom is -0.494 e. The van der Waals surface area contributed by atoms with Crippen LogP contribution in [0, 0.1) is 23.7 Å². The number of hydrogen-bond donors (Lipinski definition) is 0. The van der Waals surface area contributed by atoms with Crippen LogP contribution < -0.4 is 4.74 Å². The first-order valence-corrected chi connectivity index (χ1v) is 12.1. The molecule has 0 aliphatic carbocycles. The predicted octanol–water partition coefficient (Wildman–Crippen LogP) is 5.58. The number of nitrogens with zero attached hydrogens (tertiary/aromatic N) is 1. The molecular weight excluding hydrogens is 466 g/mol. The van der Waals surface area contributed by atoms with Crippen LogP contribution in [0.15, 0.2) is 78.8 Å². The van der Waals surface area contributed by atoms with Gasteiger partial charge in [-0.1, -0.05) is 25.0 Å². The van der Waals surface area contributed by atoms with Gasteiger partial charge >= 0.3 is 11.9 Å². The van der Waals surface area contributed by atoms with E-state index in [4.69, 9.17) is 14.2 Å². The molecule has 0 aliphatic heterocycles. The first-order chi connectivity index (χ1) is 18.1. The van der Waals surface area contributed by atoms with Crippen LogP contribution in [0.1, 0.15) is 43.2 Å². The summed E-state index contributed by atoms with van der Waals surface area (Å²) < 4.78 is 15.6. The zero-order valence-corrected chi connectivity index (χ0v) is 20.9. The normalized spacial score (nSPS) is 9.84. The van der Waals surface area contributed by atoms with E-state index in [9.17, 15) is 9.59 Å². The van der Waals surface area contributed by atoms with Crippen LogP contribution in [0.4, 0.5) is 5.69 Å². The topological polar surface area (TPSA) is 74.2 Å². The molecule has 0 fully saturated rings. The molecule has 0 saturated heterocycles. The Morgan fingerprint density at radius 3 is 1.86 bits per heavy atom. The third-order valence-corrected chi connectivity index (χ3v) is 4.80. The molecule has 0 atom stereocenters. The summed E-state index contributed by atoms with van der Waals surface area (Å²) in [5, 5.41) is 0. The minimum atomic E-state index is -0.410. The number of carbonyl (C=O) groups is 2. The number of rotatable bonds is 14. The number of benzene rings is 2. The lowest BCUT2D eigenvalue weighted by molar-refractivity contribution is -0.138. The second-order valence-electron chi connectivity index (χ2n) is 7.68. The molecule has 6 heteroatoms. The maximum absolute atomic E-state index is 11.0. The van der Waals surface area contributed by atoms with Crippen molar-refractivity contribution in [2.24, 2.45) is 4.99 Å². The van der Waals surface area contributed by atoms with Crippen molar-refractivity contribution >= 4 is 23.8 Å². The molecule has 0 saturated carbocycles. The highest BCUT2D eigenvalue weighted by atomic mass is 16.5. The van der Waals surface area contributed by atoms with Gasteiger partial charge in [-0.3, -0.25) is 4.99 Å². The van der Waals surface area contributed by atoms with Crippen LogP contribution in [0.2, 0.25) is 0 Å². The second-order valence-corrected chi connectivity index (χ2v) is 7.68. The van der Waals surface area contributed by atoms with Crippen LogP contribution >= 0.6 is 0 Å². The Kier molecular flexibility index (Phi) is 13.8. The molecule has 0 N–H and O–H groups in total. The Bertz CT molecular complexity index is 1170. The van der Waals surface area contributed by atoms with Gasteiger partial charge in [-0.05, 0) is 92.5 Å². The minimum absolute atomic E-state index is 0.351. The molecule has 0 amide bonds. The fourth-order valence-corrected chi connectivity index (χ4v) is 2.85. The van der Waals surface area contributed by atoms with E-state index in [-0.39, 0.29) is 5.97 Å². The predicted molar refractivity (Wildman–Crippen MR) is 146 cm³/mol. The number of unbranched alkanes of at least 4 members (excludes halogenated alkanes) is 3. The highest BCUT2D eigenvalue weighted by Gasteiger charge is 1.97. The molecule has 0 bridgehead atoms. The standard InChI is InChI=1S/C31H31NO5/c1-3-30(33)36-24-10-5-9-23-35-29-20-16-27(17-21-29)13-7-6-12-26-14-18-28(19-15-26)32-22-8-11-25-37-31(34)4-2/h3-4,14-22H,1-2,5,8-11,23-25H2. The third kappa shape index (κ3) is 13.2. The molecule has 0 radical (unpaired) electrons. The van der Waals surface area contributed by atoms with Gasteiger partial charge < -0.3 is 14.2 Å². The molecule has 0 aliphatic rings. The lowest BCUT2D eigenvalue weighted by Gasteiger charge is -2.06. The molecule has 2 aromatic rings. The first-order valence-electron chi connectivity index (χ1n) is 12.1. The van der Waals surface area contributed by atoms with Gasteiger partial charge in [0.25, 0.3) is 0 Å². The van der Waals surface area contributed by atoms with Crippen molar-refractivity contribution in [1.82, 2.24) is 0 Å². The van der Waals surface area contributed by atoms with Crippen LogP contribution in [0.5, 0.6) is 5.75 Å². The summed E-state index contributed by atoms with van der Waals surface area (Å²) in [6.07, 6.45) is 8.14. The molecule has 6 nitrogen and oxygen atoms in total. The maximum atomic E-state index is 11.0. The average Bonchev–Trinajstić information content (AvgIpc) is 2.93. The van der Waals surface area contributed by atoms with Gasteiger partial charge in [0.15, 0.2) is 0 Å². The Morgan fingerprint density at radius 1 is 0.730 bits per heavy atom. The van der Waals surface area contributed by atoms with E-state index < -0.39 is 5.97 Å². The molecular formula is C31H31NO5. The van der Waals surface area contributed by atoms with Gasteiger partial charge in [-0.25, -0.2) is 9.59 Å². The van der Waals surface area contributed by atoms with E-state index in [1.165, 1.54) is 6.08 Å². The van der Waals surface area contributed by atoms with Crippen LogP contribution in [0.3, 0.4) is 0 Å². The van der Waals surface area contributed by atoms with Crippen molar-refractivity contribution in [2.75, 3.05) is 19.8 Å². The van der Waals surface area contributed by atoms with Gasteiger partial charge in [-0.2, -0.15) is 0 Å². The van der Waals surface area contributed by atoms with Gasteiger partial charge in [0.2, 0.25) is 0 Å². The molecule has 0 unspecified atom stereocenters. The lowest BCUT2D eigenvalue weighted by Crippen LogP contribution is -2.03. The summed E-state index contributed by atoms with van der Waals surface area (Å²) >= 11 is 0. The number of carbonyl (C=O) groups excluding carboxylic acids is 2. The van der Waals surface area contributed by atoms with Crippen molar-refractivity contribution in [2.45, 2.75) is 32.1 Å². The Morgan fingerprint density at radius 2 is 1.27 bits per heavy atom. The van der Waals surface area contributed by atoms with Gasteiger partial charge in [0.1, 0.15) is 5.75 Å². The smallest absolute Gasteiger partial charge is 0.330 e. The second kappa shape index (κ2) is 17.8. The summed E-state index contributed by atoms with van der Waals surface area (Å²) in [4.78, 5) is 26.3. The highest BCUT2D eigenvalue weighted by Crippen LogP contribution is 2.13. The van der Waals surface area contributed by atoms with Gasteiger partial charge in [0, 0.05) is 29.5 Å². The van der Waals surface area contributed by atoms with Crippen molar-refractivity contribution in [3.8, 4) is 29.4 Å². The van der Waals surface area contributed by atoms with E-state index in [2.05, 4.69) is 41.8 Å². The number of esters is 2. The average molecular weight is 498 g/mol. The summed E-state index contributed by atoms with van der Waals surface area (Å²) in [6, 6.07) is 15.1. The van der Waals surface area contributed by atoms with Crippen LogP contribution in [-0.2, 0) is 19.1 Å². The van der Waals surface area contributed by atoms with E-state index in [1.807, 2.05) is 48.5 Å². The summed E-state index contributed by atoms with van der Waals surface area (Å²) in [5.74, 6) is 11.8. The van der Waals surface area contributed by atoms with Crippen molar-refractivity contribution in [3.63, 3.8) is 0 Å². The highest BCUT2D eigenvalue weighted by molar-refractivity contribution is 5.81. The van der Waals surface area contributed by atoms with Crippen LogP contribution in [-0.4, -0.2) is 38.0 Å². The Labute approximate surface area is 219 Å². The van der Waals surface area contributed by atoms with Crippen molar-refractivity contribution < 1.29 is 23.8 Å². The van der Waals surface area contributed by atoms with Crippen molar-refractivity contribution in [3.05, 3.63) is 85.0 Å². The molecule has 2 rings (SSSR count). The third-order valence-electron chi connectivity index (χ3n) is 4.80. The summed E-state index contributed by atoms with van der Waals surface area (Å²) in [6.45, 7) is 8.06. The Balaban J connectivity index is 1.68. The molecule has 0 spiro atoms. The van der Waals surface area contributed by atoms with E-state index >= 15 is 0 Å². The largest absolute Gasteiger partial charge is 0.494 e. The zero-order chi connectivity index (χ0) is 26.6. The monoisotopic (exact) mass is 497 g/mol. The summed E-state index contributed by atoms with van der Waals surface area (Å²) in [7, 11) is 0. The number of hydrogen-bond acceptors (Lipinski definition) is 6. The van der Waals surface area contributed by atoms with E-state index in [0.29, 0.717) is 32.7 Å². The molecule has 37 heavy (non-hydrogen) atoms. The van der Waals surface area contributed by atoms with E-state index in [1.54, 1.807) is 6.21 Å². The first kappa shape index (κ1) is 28.7. The van der Waals surface area contributed by atoms with Gasteiger partial charge in [-0.15, -0.1) is 0 Å². The maximum Gasteiger partial charge on any atom is 0.330 e. The van der Waals surface area contributed by atoms with Gasteiger partial charge in [0.05, 0.1) is 25.5 Å². The molecule has 190 valence electrons.